The Morgan fingerprint density at radius 3 is 1.82 bits per heavy atom. The Hall–Kier alpha value is -1.94. The smallest absolute Gasteiger partial charge is 0.253 e. The summed E-state index contributed by atoms with van der Waals surface area (Å²) in [6.07, 6.45) is 1.10. The third kappa shape index (κ3) is 4.38. The molecule has 1 fully saturated rings. The van der Waals surface area contributed by atoms with E-state index in [0.29, 0.717) is 10.6 Å². The number of sulfone groups is 1. The Labute approximate surface area is 169 Å². The molecule has 0 saturated carbocycles. The highest BCUT2D eigenvalue weighted by Gasteiger charge is 2.30. The van der Waals surface area contributed by atoms with Crippen LogP contribution >= 0.6 is 11.6 Å². The summed E-state index contributed by atoms with van der Waals surface area (Å²) >= 11 is 5.81. The van der Waals surface area contributed by atoms with Crippen molar-refractivity contribution in [1.82, 2.24) is 9.21 Å². The van der Waals surface area contributed by atoms with Gasteiger partial charge in [0.25, 0.3) is 5.91 Å². The predicted octanol–water partition coefficient (Wildman–Crippen LogP) is 1.89. The first-order valence-electron chi connectivity index (χ1n) is 8.44. The molecule has 3 rings (SSSR count). The lowest BCUT2D eigenvalue weighted by Crippen LogP contribution is -2.50. The van der Waals surface area contributed by atoms with E-state index in [4.69, 9.17) is 11.6 Å². The number of piperazine rings is 1. The second kappa shape index (κ2) is 7.82. The van der Waals surface area contributed by atoms with Gasteiger partial charge in [0.15, 0.2) is 9.84 Å². The van der Waals surface area contributed by atoms with Gasteiger partial charge in [0.1, 0.15) is 0 Å². The topological polar surface area (TPSA) is 91.8 Å². The zero-order valence-corrected chi connectivity index (χ0v) is 17.5. The minimum absolute atomic E-state index is 0.142. The summed E-state index contributed by atoms with van der Waals surface area (Å²) in [5, 5.41) is 0.455. The van der Waals surface area contributed by atoms with Gasteiger partial charge < -0.3 is 4.90 Å². The largest absolute Gasteiger partial charge is 0.336 e. The second-order valence-electron chi connectivity index (χ2n) is 6.45. The number of benzene rings is 2. The number of amides is 1. The van der Waals surface area contributed by atoms with E-state index in [-0.39, 0.29) is 41.9 Å². The Balaban J connectivity index is 1.68. The molecule has 0 unspecified atom stereocenters. The molecule has 28 heavy (non-hydrogen) atoms. The molecule has 2 aromatic rings. The van der Waals surface area contributed by atoms with Crippen molar-refractivity contribution in [3.05, 3.63) is 59.1 Å². The SMILES string of the molecule is CS(=O)(=O)c1ccc(C(=O)N2CCN(S(=O)(=O)c3ccc(Cl)cc3)CC2)cc1. The molecular formula is C18H19ClN2O5S2. The number of hydrogen-bond acceptors (Lipinski definition) is 5. The Bertz CT molecular complexity index is 1070. The van der Waals surface area contributed by atoms with Gasteiger partial charge in [0.05, 0.1) is 9.79 Å². The highest BCUT2D eigenvalue weighted by molar-refractivity contribution is 7.90. The van der Waals surface area contributed by atoms with Crippen molar-refractivity contribution >= 4 is 37.4 Å². The number of carbonyl (C=O) groups excluding carboxylic acids is 1. The number of hydrogen-bond donors (Lipinski definition) is 0. The van der Waals surface area contributed by atoms with Crippen LogP contribution < -0.4 is 0 Å². The zero-order chi connectivity index (χ0) is 20.5. The van der Waals surface area contributed by atoms with E-state index >= 15 is 0 Å². The lowest BCUT2D eigenvalue weighted by Gasteiger charge is -2.34. The van der Waals surface area contributed by atoms with Crippen LogP contribution in [-0.4, -0.2) is 64.4 Å². The molecule has 0 N–H and O–H groups in total. The van der Waals surface area contributed by atoms with Gasteiger partial charge in [0.2, 0.25) is 10.0 Å². The predicted molar refractivity (Wildman–Crippen MR) is 106 cm³/mol. The highest BCUT2D eigenvalue weighted by atomic mass is 35.5. The summed E-state index contributed by atoms with van der Waals surface area (Å²) in [7, 11) is -6.97. The minimum Gasteiger partial charge on any atom is -0.336 e. The third-order valence-corrected chi connectivity index (χ3v) is 7.80. The number of nitrogens with zero attached hydrogens (tertiary/aromatic N) is 2. The van der Waals surface area contributed by atoms with Crippen LogP contribution in [0.4, 0.5) is 0 Å². The van der Waals surface area contributed by atoms with E-state index in [1.807, 2.05) is 0 Å². The van der Waals surface area contributed by atoms with Crippen molar-refractivity contribution in [3.63, 3.8) is 0 Å². The zero-order valence-electron chi connectivity index (χ0n) is 15.1. The lowest BCUT2D eigenvalue weighted by atomic mass is 10.2. The Kier molecular flexibility index (Phi) is 5.81. The highest BCUT2D eigenvalue weighted by Crippen LogP contribution is 2.21. The van der Waals surface area contributed by atoms with Crippen molar-refractivity contribution in [1.29, 1.82) is 0 Å². The number of halogens is 1. The van der Waals surface area contributed by atoms with E-state index < -0.39 is 19.9 Å². The van der Waals surface area contributed by atoms with Gasteiger partial charge in [-0.3, -0.25) is 4.79 Å². The maximum Gasteiger partial charge on any atom is 0.253 e. The molecule has 0 radical (unpaired) electrons. The van der Waals surface area contributed by atoms with Crippen molar-refractivity contribution < 1.29 is 21.6 Å². The third-order valence-electron chi connectivity index (χ3n) is 4.51. The molecule has 7 nitrogen and oxygen atoms in total. The van der Waals surface area contributed by atoms with Crippen LogP contribution in [0.3, 0.4) is 0 Å². The molecule has 0 aromatic heterocycles. The molecule has 0 atom stereocenters. The van der Waals surface area contributed by atoms with E-state index in [1.54, 1.807) is 4.90 Å². The first-order chi connectivity index (χ1) is 13.1. The average molecular weight is 443 g/mol. The van der Waals surface area contributed by atoms with Gasteiger partial charge in [-0.15, -0.1) is 0 Å². The van der Waals surface area contributed by atoms with Crippen LogP contribution in [-0.2, 0) is 19.9 Å². The average Bonchev–Trinajstić information content (AvgIpc) is 2.67. The van der Waals surface area contributed by atoms with Gasteiger partial charge in [-0.2, -0.15) is 4.31 Å². The van der Waals surface area contributed by atoms with E-state index in [0.717, 1.165) is 6.26 Å². The molecule has 1 saturated heterocycles. The van der Waals surface area contributed by atoms with E-state index in [1.165, 1.54) is 52.8 Å². The van der Waals surface area contributed by atoms with Crippen LogP contribution in [0.25, 0.3) is 0 Å². The Morgan fingerprint density at radius 2 is 1.32 bits per heavy atom. The fourth-order valence-corrected chi connectivity index (χ4v) is 5.09. The van der Waals surface area contributed by atoms with Gasteiger partial charge in [-0.05, 0) is 48.5 Å². The van der Waals surface area contributed by atoms with Crippen molar-refractivity contribution in [3.8, 4) is 0 Å². The summed E-state index contributed by atoms with van der Waals surface area (Å²) in [5.41, 5.74) is 0.362. The molecule has 2 aromatic carbocycles. The quantitative estimate of drug-likeness (QED) is 0.721. The molecule has 0 bridgehead atoms. The van der Waals surface area contributed by atoms with Crippen LogP contribution in [0.15, 0.2) is 58.3 Å². The summed E-state index contributed by atoms with van der Waals surface area (Å²) < 4.78 is 49.8. The van der Waals surface area contributed by atoms with Crippen LogP contribution in [0.2, 0.25) is 5.02 Å². The molecule has 1 amide bonds. The minimum atomic E-state index is -3.64. The van der Waals surface area contributed by atoms with Crippen molar-refractivity contribution in [2.75, 3.05) is 32.4 Å². The molecule has 1 heterocycles. The molecule has 150 valence electrons. The summed E-state index contributed by atoms with van der Waals surface area (Å²) in [6.45, 7) is 0.856. The van der Waals surface area contributed by atoms with E-state index in [9.17, 15) is 21.6 Å². The standard InChI is InChI=1S/C18H19ClN2O5S2/c1-27(23,24)16-6-2-14(3-7-16)18(22)20-10-12-21(13-11-20)28(25,26)17-8-4-15(19)5-9-17/h2-9H,10-13H2,1H3. The maximum absolute atomic E-state index is 12.7. The lowest BCUT2D eigenvalue weighted by molar-refractivity contribution is 0.0698. The fraction of sp³-hybridized carbons (Fsp3) is 0.278. The van der Waals surface area contributed by atoms with Crippen molar-refractivity contribution in [2.24, 2.45) is 0 Å². The number of rotatable bonds is 4. The van der Waals surface area contributed by atoms with Gasteiger partial charge in [0, 0.05) is 43.0 Å². The molecule has 1 aliphatic rings. The molecule has 0 spiro atoms. The van der Waals surface area contributed by atoms with Gasteiger partial charge in [-0.25, -0.2) is 16.8 Å². The first kappa shape index (κ1) is 20.8. The maximum atomic E-state index is 12.7. The summed E-state index contributed by atoms with van der Waals surface area (Å²) in [6, 6.07) is 11.7. The summed E-state index contributed by atoms with van der Waals surface area (Å²) in [4.78, 5) is 14.5. The van der Waals surface area contributed by atoms with Gasteiger partial charge >= 0.3 is 0 Å². The van der Waals surface area contributed by atoms with Gasteiger partial charge in [-0.1, -0.05) is 11.6 Å². The monoisotopic (exact) mass is 442 g/mol. The molecular weight excluding hydrogens is 424 g/mol. The first-order valence-corrected chi connectivity index (χ1v) is 12.1. The molecule has 0 aliphatic carbocycles. The van der Waals surface area contributed by atoms with E-state index in [2.05, 4.69) is 0 Å². The molecule has 1 aliphatic heterocycles. The number of sulfonamides is 1. The van der Waals surface area contributed by atoms with Crippen LogP contribution in [0, 0.1) is 0 Å². The Morgan fingerprint density at radius 1 is 0.821 bits per heavy atom. The summed E-state index contributed by atoms with van der Waals surface area (Å²) in [5.74, 6) is -0.261. The van der Waals surface area contributed by atoms with Crippen LogP contribution in [0.1, 0.15) is 10.4 Å². The number of carbonyl (C=O) groups is 1. The van der Waals surface area contributed by atoms with Crippen LogP contribution in [0.5, 0.6) is 0 Å². The normalized spacial score (nSPS) is 16.1. The fourth-order valence-electron chi connectivity index (χ4n) is 2.91. The second-order valence-corrected chi connectivity index (χ2v) is 10.8. The van der Waals surface area contributed by atoms with Crippen molar-refractivity contribution in [2.45, 2.75) is 9.79 Å². The molecule has 10 heteroatoms.